The maximum absolute atomic E-state index is 5.67. The van der Waals surface area contributed by atoms with E-state index in [9.17, 15) is 0 Å². The van der Waals surface area contributed by atoms with Crippen molar-refractivity contribution in [2.45, 2.75) is 13.0 Å². The summed E-state index contributed by atoms with van der Waals surface area (Å²) in [5, 5.41) is 3.73. The van der Waals surface area contributed by atoms with Crippen molar-refractivity contribution < 1.29 is 4.42 Å². The van der Waals surface area contributed by atoms with Gasteiger partial charge >= 0.3 is 0 Å². The van der Waals surface area contributed by atoms with Crippen LogP contribution in [0.2, 0.25) is 5.22 Å². The molecule has 0 aliphatic heterocycles. The fourth-order valence-corrected chi connectivity index (χ4v) is 1.60. The smallest absolute Gasteiger partial charge is 0.193 e. The highest BCUT2D eigenvalue weighted by molar-refractivity contribution is 6.28. The molecule has 16 heavy (non-hydrogen) atoms. The molecule has 4 heteroatoms. The second-order valence-electron chi connectivity index (χ2n) is 3.49. The molecule has 0 unspecified atom stereocenters. The lowest BCUT2D eigenvalue weighted by Crippen LogP contribution is -2.16. The lowest BCUT2D eigenvalue weighted by Gasteiger charge is -2.02. The molecule has 0 aliphatic carbocycles. The van der Waals surface area contributed by atoms with Gasteiger partial charge in [0, 0.05) is 12.4 Å². The van der Waals surface area contributed by atoms with Crippen LogP contribution in [0, 0.1) is 0 Å². The van der Waals surface area contributed by atoms with Crippen molar-refractivity contribution >= 4 is 11.6 Å². The topological polar surface area (TPSA) is 38.1 Å². The molecule has 1 N–H and O–H groups in total. The zero-order valence-electron chi connectivity index (χ0n) is 8.82. The minimum atomic E-state index is 0.436. The van der Waals surface area contributed by atoms with Crippen LogP contribution in [0.4, 0.5) is 0 Å². The maximum Gasteiger partial charge on any atom is 0.193 e. The molecule has 2 aromatic heterocycles. The molecule has 2 heterocycles. The number of pyridine rings is 1. The van der Waals surface area contributed by atoms with Gasteiger partial charge in [0.2, 0.25) is 0 Å². The van der Waals surface area contributed by atoms with Crippen LogP contribution >= 0.6 is 11.6 Å². The van der Waals surface area contributed by atoms with E-state index in [4.69, 9.17) is 16.0 Å². The van der Waals surface area contributed by atoms with Gasteiger partial charge in [-0.25, -0.2) is 0 Å². The van der Waals surface area contributed by atoms with E-state index >= 15 is 0 Å². The molecule has 3 nitrogen and oxygen atoms in total. The summed E-state index contributed by atoms with van der Waals surface area (Å²) in [4.78, 5) is 3.97. The van der Waals surface area contributed by atoms with E-state index in [1.807, 2.05) is 30.6 Å². The van der Waals surface area contributed by atoms with Gasteiger partial charge in [-0.15, -0.1) is 0 Å². The molecular formula is C12H13ClN2O. The normalized spacial score (nSPS) is 10.6. The predicted octanol–water partition coefficient (Wildman–Crippen LogP) is 2.66. The Morgan fingerprint density at radius 3 is 2.69 bits per heavy atom. The van der Waals surface area contributed by atoms with Gasteiger partial charge in [0.1, 0.15) is 5.76 Å². The van der Waals surface area contributed by atoms with Gasteiger partial charge in [0.25, 0.3) is 0 Å². The molecule has 0 spiro atoms. The van der Waals surface area contributed by atoms with Gasteiger partial charge < -0.3 is 9.73 Å². The van der Waals surface area contributed by atoms with Crippen LogP contribution in [0.3, 0.4) is 0 Å². The van der Waals surface area contributed by atoms with Crippen LogP contribution < -0.4 is 5.32 Å². The minimum absolute atomic E-state index is 0.436. The summed E-state index contributed by atoms with van der Waals surface area (Å²) in [5.74, 6) is 0.861. The third-order valence-corrected chi connectivity index (χ3v) is 2.47. The first-order valence-corrected chi connectivity index (χ1v) is 5.56. The fraction of sp³-hybridized carbons (Fsp3) is 0.250. The highest BCUT2D eigenvalue weighted by Gasteiger charge is 1.98. The number of nitrogens with zero attached hydrogens (tertiary/aromatic N) is 1. The molecule has 0 atom stereocenters. The molecule has 84 valence electrons. The Morgan fingerprint density at radius 1 is 1.19 bits per heavy atom. The largest absolute Gasteiger partial charge is 0.448 e. The molecule has 0 aromatic carbocycles. The number of nitrogens with one attached hydrogen (secondary N) is 1. The van der Waals surface area contributed by atoms with E-state index in [-0.39, 0.29) is 0 Å². The average molecular weight is 237 g/mol. The summed E-state index contributed by atoms with van der Waals surface area (Å²) in [6.45, 7) is 1.61. The van der Waals surface area contributed by atoms with Crippen LogP contribution in [0.25, 0.3) is 0 Å². The van der Waals surface area contributed by atoms with Gasteiger partial charge in [0.05, 0.1) is 6.54 Å². The first-order valence-electron chi connectivity index (χ1n) is 5.18. The second kappa shape index (κ2) is 5.68. The molecule has 0 radical (unpaired) electrons. The number of aromatic nitrogens is 1. The molecular weight excluding hydrogens is 224 g/mol. The minimum Gasteiger partial charge on any atom is -0.448 e. The van der Waals surface area contributed by atoms with Crippen molar-refractivity contribution in [2.75, 3.05) is 6.54 Å². The van der Waals surface area contributed by atoms with Gasteiger partial charge in [-0.05, 0) is 54.4 Å². The van der Waals surface area contributed by atoms with E-state index in [0.29, 0.717) is 11.8 Å². The Balaban J connectivity index is 1.69. The fourth-order valence-electron chi connectivity index (χ4n) is 1.44. The molecule has 0 saturated carbocycles. The SMILES string of the molecule is Clc1ccc(CNCCc2ccncc2)o1. The molecule has 2 aromatic rings. The predicted molar refractivity (Wildman–Crippen MR) is 63.4 cm³/mol. The summed E-state index contributed by atoms with van der Waals surface area (Å²) in [6.07, 6.45) is 4.60. The van der Waals surface area contributed by atoms with Crippen molar-refractivity contribution in [3.8, 4) is 0 Å². The van der Waals surface area contributed by atoms with E-state index < -0.39 is 0 Å². The van der Waals surface area contributed by atoms with Crippen molar-refractivity contribution in [3.05, 3.63) is 53.2 Å². The highest BCUT2D eigenvalue weighted by atomic mass is 35.5. The van der Waals surface area contributed by atoms with Crippen LogP contribution in [-0.2, 0) is 13.0 Å². The Hall–Kier alpha value is -1.32. The summed E-state index contributed by atoms with van der Waals surface area (Å²) >= 11 is 5.67. The highest BCUT2D eigenvalue weighted by Crippen LogP contribution is 2.12. The monoisotopic (exact) mass is 236 g/mol. The summed E-state index contributed by atoms with van der Waals surface area (Å²) < 4.78 is 5.23. The van der Waals surface area contributed by atoms with Crippen molar-refractivity contribution in [1.82, 2.24) is 10.3 Å². The molecule has 0 amide bonds. The third-order valence-electron chi connectivity index (χ3n) is 2.27. The van der Waals surface area contributed by atoms with Crippen molar-refractivity contribution in [2.24, 2.45) is 0 Å². The third kappa shape index (κ3) is 3.36. The quantitative estimate of drug-likeness (QED) is 0.812. The first-order chi connectivity index (χ1) is 7.84. The van der Waals surface area contributed by atoms with Crippen molar-refractivity contribution in [1.29, 1.82) is 0 Å². The van der Waals surface area contributed by atoms with Gasteiger partial charge in [-0.1, -0.05) is 0 Å². The number of hydrogen-bond donors (Lipinski definition) is 1. The van der Waals surface area contributed by atoms with Crippen molar-refractivity contribution in [3.63, 3.8) is 0 Å². The van der Waals surface area contributed by atoms with E-state index in [0.717, 1.165) is 18.7 Å². The number of hydrogen-bond acceptors (Lipinski definition) is 3. The van der Waals surface area contributed by atoms with Gasteiger partial charge in [-0.3, -0.25) is 4.98 Å². The summed E-state index contributed by atoms with van der Waals surface area (Å²) in [6, 6.07) is 7.67. The van der Waals surface area contributed by atoms with Crippen LogP contribution in [0.1, 0.15) is 11.3 Å². The van der Waals surface area contributed by atoms with Gasteiger partial charge in [0.15, 0.2) is 5.22 Å². The molecule has 0 aliphatic rings. The molecule has 0 fully saturated rings. The van der Waals surface area contributed by atoms with Gasteiger partial charge in [-0.2, -0.15) is 0 Å². The molecule has 2 rings (SSSR count). The van der Waals surface area contributed by atoms with E-state index in [1.54, 1.807) is 6.07 Å². The second-order valence-corrected chi connectivity index (χ2v) is 3.86. The molecule has 0 bridgehead atoms. The first kappa shape index (κ1) is 11.2. The Bertz CT molecular complexity index is 428. The number of furan rings is 1. The lowest BCUT2D eigenvalue weighted by atomic mass is 10.2. The summed E-state index contributed by atoms with van der Waals surface area (Å²) in [7, 11) is 0. The zero-order valence-corrected chi connectivity index (χ0v) is 9.57. The molecule has 0 saturated heterocycles. The Kier molecular flexibility index (Phi) is 3.97. The summed E-state index contributed by atoms with van der Waals surface area (Å²) in [5.41, 5.74) is 1.28. The number of rotatable bonds is 5. The van der Waals surface area contributed by atoms with Crippen LogP contribution in [0.5, 0.6) is 0 Å². The Morgan fingerprint density at radius 2 is 2.00 bits per heavy atom. The Labute approximate surface area is 99.5 Å². The van der Waals surface area contributed by atoms with E-state index in [2.05, 4.69) is 10.3 Å². The lowest BCUT2D eigenvalue weighted by molar-refractivity contribution is 0.486. The van der Waals surface area contributed by atoms with Crippen LogP contribution in [0.15, 0.2) is 41.1 Å². The number of halogens is 1. The maximum atomic E-state index is 5.67. The van der Waals surface area contributed by atoms with Crippen LogP contribution in [-0.4, -0.2) is 11.5 Å². The average Bonchev–Trinajstić information content (AvgIpc) is 2.72. The van der Waals surface area contributed by atoms with E-state index in [1.165, 1.54) is 5.56 Å². The zero-order chi connectivity index (χ0) is 11.2. The standard InChI is InChI=1S/C12H13ClN2O/c13-12-2-1-11(16-12)9-15-8-5-10-3-6-14-7-4-10/h1-4,6-7,15H,5,8-9H2.